The maximum atomic E-state index is 11.2. The Morgan fingerprint density at radius 2 is 1.95 bits per heavy atom. The van der Waals surface area contributed by atoms with Crippen LogP contribution in [0.4, 0.5) is 11.4 Å². The molecule has 114 valence electrons. The fourth-order valence-electron chi connectivity index (χ4n) is 4.72. The van der Waals surface area contributed by atoms with Gasteiger partial charge in [0.2, 0.25) is 5.91 Å². The van der Waals surface area contributed by atoms with E-state index in [0.29, 0.717) is 16.9 Å². The lowest BCUT2D eigenvalue weighted by atomic mass is 9.68. The SMILES string of the molecule is CC(=O)Nc1cccc(NC2C(C)(C)[C@H]3CC[C@]2(C)C3)c1. The van der Waals surface area contributed by atoms with Crippen molar-refractivity contribution in [3.05, 3.63) is 24.3 Å². The van der Waals surface area contributed by atoms with Crippen molar-refractivity contribution in [3.8, 4) is 0 Å². The Morgan fingerprint density at radius 3 is 2.57 bits per heavy atom. The molecule has 2 aliphatic carbocycles. The number of benzene rings is 1. The molecule has 3 atom stereocenters. The summed E-state index contributed by atoms with van der Waals surface area (Å²) in [4.78, 5) is 11.2. The van der Waals surface area contributed by atoms with Crippen molar-refractivity contribution in [3.63, 3.8) is 0 Å². The smallest absolute Gasteiger partial charge is 0.221 e. The molecule has 2 fully saturated rings. The van der Waals surface area contributed by atoms with E-state index in [0.717, 1.165) is 17.3 Å². The lowest BCUT2D eigenvalue weighted by Crippen LogP contribution is -2.45. The second-order valence-electron chi connectivity index (χ2n) is 7.75. The Hall–Kier alpha value is -1.51. The van der Waals surface area contributed by atoms with Crippen LogP contribution < -0.4 is 10.6 Å². The molecule has 21 heavy (non-hydrogen) atoms. The molecular weight excluding hydrogens is 260 g/mol. The van der Waals surface area contributed by atoms with Crippen molar-refractivity contribution in [2.24, 2.45) is 16.7 Å². The van der Waals surface area contributed by atoms with Crippen LogP contribution in [0.3, 0.4) is 0 Å². The molecule has 0 aliphatic heterocycles. The van der Waals surface area contributed by atoms with Gasteiger partial charge in [-0.05, 0) is 54.2 Å². The monoisotopic (exact) mass is 286 g/mol. The third-order valence-electron chi connectivity index (χ3n) is 5.76. The Balaban J connectivity index is 1.82. The third kappa shape index (κ3) is 2.43. The number of hydrogen-bond donors (Lipinski definition) is 2. The third-order valence-corrected chi connectivity index (χ3v) is 5.76. The minimum absolute atomic E-state index is 0.0284. The molecule has 2 aliphatic rings. The van der Waals surface area contributed by atoms with Gasteiger partial charge in [0.15, 0.2) is 0 Å². The zero-order chi connectivity index (χ0) is 15.3. The molecule has 0 aromatic heterocycles. The first-order chi connectivity index (χ1) is 9.81. The summed E-state index contributed by atoms with van der Waals surface area (Å²) in [6.07, 6.45) is 4.03. The second kappa shape index (κ2) is 4.75. The van der Waals surface area contributed by atoms with Gasteiger partial charge in [-0.3, -0.25) is 4.79 Å². The molecule has 3 heteroatoms. The van der Waals surface area contributed by atoms with Crippen molar-refractivity contribution in [2.75, 3.05) is 10.6 Å². The summed E-state index contributed by atoms with van der Waals surface area (Å²) < 4.78 is 0. The van der Waals surface area contributed by atoms with Gasteiger partial charge in [0.25, 0.3) is 0 Å². The van der Waals surface area contributed by atoms with Crippen LogP contribution >= 0.6 is 0 Å². The van der Waals surface area contributed by atoms with Crippen LogP contribution in [0.2, 0.25) is 0 Å². The molecule has 0 heterocycles. The standard InChI is InChI=1S/C18H26N2O/c1-12(21)19-14-6-5-7-15(10-14)20-16-17(2,3)13-8-9-18(16,4)11-13/h5-7,10,13,16,20H,8-9,11H2,1-4H3,(H,19,21)/t13-,16?,18+/m0/s1. The average molecular weight is 286 g/mol. The van der Waals surface area contributed by atoms with Crippen molar-refractivity contribution in [2.45, 2.75) is 53.0 Å². The van der Waals surface area contributed by atoms with Crippen molar-refractivity contribution < 1.29 is 4.79 Å². The molecule has 0 saturated heterocycles. The van der Waals surface area contributed by atoms with Crippen molar-refractivity contribution >= 4 is 17.3 Å². The Morgan fingerprint density at radius 1 is 1.24 bits per heavy atom. The van der Waals surface area contributed by atoms with Gasteiger partial charge in [-0.25, -0.2) is 0 Å². The topological polar surface area (TPSA) is 41.1 Å². The number of hydrogen-bond acceptors (Lipinski definition) is 2. The molecule has 1 aromatic carbocycles. The Kier molecular flexibility index (Phi) is 3.27. The maximum Gasteiger partial charge on any atom is 0.221 e. The molecule has 3 nitrogen and oxygen atoms in total. The Labute approximate surface area is 127 Å². The maximum absolute atomic E-state index is 11.2. The van der Waals surface area contributed by atoms with Gasteiger partial charge in [0.1, 0.15) is 0 Å². The average Bonchev–Trinajstić information content (AvgIpc) is 2.86. The number of amides is 1. The van der Waals surface area contributed by atoms with Crippen molar-refractivity contribution in [1.29, 1.82) is 0 Å². The highest BCUT2D eigenvalue weighted by molar-refractivity contribution is 5.89. The molecule has 1 amide bonds. The Bertz CT molecular complexity index is 561. The highest BCUT2D eigenvalue weighted by atomic mass is 16.1. The number of anilines is 2. The quantitative estimate of drug-likeness (QED) is 0.871. The van der Waals surface area contributed by atoms with Crippen LogP contribution in [-0.2, 0) is 4.79 Å². The van der Waals surface area contributed by atoms with Gasteiger partial charge in [-0.1, -0.05) is 26.8 Å². The van der Waals surface area contributed by atoms with Crippen LogP contribution in [-0.4, -0.2) is 11.9 Å². The zero-order valence-electron chi connectivity index (χ0n) is 13.5. The predicted octanol–water partition coefficient (Wildman–Crippen LogP) is 4.27. The van der Waals surface area contributed by atoms with E-state index >= 15 is 0 Å². The van der Waals surface area contributed by atoms with Gasteiger partial charge in [-0.15, -0.1) is 0 Å². The number of carbonyl (C=O) groups excluding carboxylic acids is 1. The molecule has 1 aromatic rings. The van der Waals surface area contributed by atoms with Gasteiger partial charge in [-0.2, -0.15) is 0 Å². The minimum atomic E-state index is -0.0284. The van der Waals surface area contributed by atoms with Gasteiger partial charge < -0.3 is 10.6 Å². The fourth-order valence-corrected chi connectivity index (χ4v) is 4.72. The molecule has 1 unspecified atom stereocenters. The number of fused-ring (bicyclic) bond motifs is 2. The molecular formula is C18H26N2O. The summed E-state index contributed by atoms with van der Waals surface area (Å²) in [6, 6.07) is 8.55. The number of rotatable bonds is 3. The normalized spacial score (nSPS) is 33.0. The summed E-state index contributed by atoms with van der Waals surface area (Å²) in [5.74, 6) is 0.804. The number of carbonyl (C=O) groups is 1. The highest BCUT2D eigenvalue weighted by Crippen LogP contribution is 2.63. The van der Waals surface area contributed by atoms with Gasteiger partial charge in [0, 0.05) is 24.3 Å². The molecule has 3 rings (SSSR count). The van der Waals surface area contributed by atoms with Gasteiger partial charge in [0.05, 0.1) is 0 Å². The molecule has 2 N–H and O–H groups in total. The van der Waals surface area contributed by atoms with Crippen LogP contribution in [0.5, 0.6) is 0 Å². The van der Waals surface area contributed by atoms with E-state index in [4.69, 9.17) is 0 Å². The zero-order valence-corrected chi connectivity index (χ0v) is 13.5. The summed E-state index contributed by atoms with van der Waals surface area (Å²) in [7, 11) is 0. The first-order valence-electron chi connectivity index (χ1n) is 7.95. The van der Waals surface area contributed by atoms with Crippen molar-refractivity contribution in [1.82, 2.24) is 0 Å². The van der Waals surface area contributed by atoms with E-state index in [9.17, 15) is 4.79 Å². The van der Waals surface area contributed by atoms with E-state index < -0.39 is 0 Å². The first-order valence-corrected chi connectivity index (χ1v) is 7.95. The largest absolute Gasteiger partial charge is 0.381 e. The van der Waals surface area contributed by atoms with Gasteiger partial charge >= 0.3 is 0 Å². The lowest BCUT2D eigenvalue weighted by Gasteiger charge is -2.43. The molecule has 0 radical (unpaired) electrons. The first kappa shape index (κ1) is 14.4. The minimum Gasteiger partial charge on any atom is -0.381 e. The molecule has 0 spiro atoms. The van der Waals surface area contributed by atoms with Crippen LogP contribution in [0.1, 0.15) is 47.0 Å². The highest BCUT2D eigenvalue weighted by Gasteiger charge is 2.59. The summed E-state index contributed by atoms with van der Waals surface area (Å²) in [5.41, 5.74) is 2.70. The van der Waals surface area contributed by atoms with E-state index in [-0.39, 0.29) is 5.91 Å². The lowest BCUT2D eigenvalue weighted by molar-refractivity contribution is -0.114. The van der Waals surface area contributed by atoms with E-state index in [2.05, 4.69) is 37.5 Å². The van der Waals surface area contributed by atoms with E-state index in [1.54, 1.807) is 6.92 Å². The molecule has 2 bridgehead atoms. The number of nitrogens with one attached hydrogen (secondary N) is 2. The van der Waals surface area contributed by atoms with Crippen LogP contribution in [0, 0.1) is 16.7 Å². The fraction of sp³-hybridized carbons (Fsp3) is 0.611. The molecule has 2 saturated carbocycles. The summed E-state index contributed by atoms with van der Waals surface area (Å²) >= 11 is 0. The van der Waals surface area contributed by atoms with Crippen LogP contribution in [0.15, 0.2) is 24.3 Å². The predicted molar refractivity (Wildman–Crippen MR) is 87.4 cm³/mol. The second-order valence-corrected chi connectivity index (χ2v) is 7.75. The van der Waals surface area contributed by atoms with Crippen LogP contribution in [0.25, 0.3) is 0 Å². The summed E-state index contributed by atoms with van der Waals surface area (Å²) in [6.45, 7) is 8.77. The summed E-state index contributed by atoms with van der Waals surface area (Å²) in [5, 5.41) is 6.62. The van der Waals surface area contributed by atoms with E-state index in [1.165, 1.54) is 19.3 Å². The van der Waals surface area contributed by atoms with E-state index in [1.807, 2.05) is 18.2 Å².